The van der Waals surface area contributed by atoms with E-state index in [9.17, 15) is 4.79 Å². The maximum atomic E-state index is 11.7. The van der Waals surface area contributed by atoms with E-state index < -0.39 is 6.23 Å². The fourth-order valence-corrected chi connectivity index (χ4v) is 1.76. The molecule has 2 rings (SSSR count). The van der Waals surface area contributed by atoms with Crippen LogP contribution >= 0.6 is 22.6 Å². The molecule has 13 heavy (non-hydrogen) atoms. The molecule has 0 unspecified atom stereocenters. The number of fused-ring (bicyclic) bond motifs is 1. The topological polar surface area (TPSA) is 52.3 Å². The number of rotatable bonds is 0. The molecule has 3 nitrogen and oxygen atoms in total. The lowest BCUT2D eigenvalue weighted by atomic mass is 10.0. The van der Waals surface area contributed by atoms with Crippen molar-refractivity contribution in [1.82, 2.24) is 0 Å². The van der Waals surface area contributed by atoms with Crippen LogP contribution in [0.5, 0.6) is 5.75 Å². The number of ether oxygens (including phenoxy) is 1. The second-order valence-corrected chi connectivity index (χ2v) is 4.19. The number of alkyl halides is 1. The Morgan fingerprint density at radius 3 is 2.85 bits per heavy atom. The average molecular weight is 289 g/mol. The minimum absolute atomic E-state index is 0.0509. The second-order valence-electron chi connectivity index (χ2n) is 2.84. The van der Waals surface area contributed by atoms with Gasteiger partial charge in [0, 0.05) is 0 Å². The normalized spacial score (nSPS) is 26.5. The lowest BCUT2D eigenvalue weighted by Crippen LogP contribution is -2.44. The van der Waals surface area contributed by atoms with Gasteiger partial charge in [-0.05, 0) is 12.1 Å². The van der Waals surface area contributed by atoms with Gasteiger partial charge in [-0.25, -0.2) is 0 Å². The molecular weight excluding hydrogens is 281 g/mol. The summed E-state index contributed by atoms with van der Waals surface area (Å²) in [7, 11) is 0. The summed E-state index contributed by atoms with van der Waals surface area (Å²) in [5, 5.41) is 0. The average Bonchev–Trinajstić information content (AvgIpc) is 2.15. The fourth-order valence-electron chi connectivity index (χ4n) is 1.28. The van der Waals surface area contributed by atoms with Gasteiger partial charge in [-0.1, -0.05) is 34.7 Å². The van der Waals surface area contributed by atoms with Gasteiger partial charge in [0.05, 0.1) is 5.56 Å². The summed E-state index contributed by atoms with van der Waals surface area (Å²) in [6, 6.07) is 7.16. The molecule has 2 atom stereocenters. The molecule has 1 aromatic rings. The van der Waals surface area contributed by atoms with E-state index in [-0.39, 0.29) is 9.71 Å². The molecule has 0 saturated heterocycles. The standard InChI is InChI=1S/C9H8INO2/c10-7-8(12)5-3-1-2-4-6(5)13-9(7)11/h1-4,7,9H,11H2/t7-,9+/m1/s1. The third-order valence-electron chi connectivity index (χ3n) is 1.95. The van der Waals surface area contributed by atoms with Crippen molar-refractivity contribution >= 4 is 28.4 Å². The number of benzene rings is 1. The number of Topliss-reactive ketones (excluding diaryl/α,β-unsaturated/α-hetero) is 1. The summed E-state index contributed by atoms with van der Waals surface area (Å²) in [6.45, 7) is 0. The van der Waals surface area contributed by atoms with Gasteiger partial charge >= 0.3 is 0 Å². The Morgan fingerprint density at radius 1 is 1.38 bits per heavy atom. The minimum Gasteiger partial charge on any atom is -0.473 e. The zero-order chi connectivity index (χ0) is 9.42. The first-order valence-corrected chi connectivity index (χ1v) is 5.14. The van der Waals surface area contributed by atoms with Crippen LogP contribution in [-0.4, -0.2) is 15.9 Å². The Labute approximate surface area is 89.4 Å². The minimum atomic E-state index is -0.525. The maximum Gasteiger partial charge on any atom is 0.184 e. The Hall–Kier alpha value is -0.620. The molecular formula is C9H8INO2. The molecule has 0 aliphatic carbocycles. The molecule has 1 heterocycles. The number of hydrogen-bond acceptors (Lipinski definition) is 3. The smallest absolute Gasteiger partial charge is 0.184 e. The van der Waals surface area contributed by atoms with Crippen molar-refractivity contribution in [3.63, 3.8) is 0 Å². The zero-order valence-electron chi connectivity index (χ0n) is 6.74. The molecule has 4 heteroatoms. The molecule has 0 aromatic heterocycles. The van der Waals surface area contributed by atoms with Gasteiger partial charge < -0.3 is 4.74 Å². The van der Waals surface area contributed by atoms with Crippen LogP contribution in [0.4, 0.5) is 0 Å². The van der Waals surface area contributed by atoms with Crippen LogP contribution in [0.1, 0.15) is 10.4 Å². The number of carbonyl (C=O) groups is 1. The van der Waals surface area contributed by atoms with Crippen LogP contribution in [0.15, 0.2) is 24.3 Å². The van der Waals surface area contributed by atoms with Crippen LogP contribution in [0.25, 0.3) is 0 Å². The summed E-state index contributed by atoms with van der Waals surface area (Å²) in [6.07, 6.45) is -0.525. The van der Waals surface area contributed by atoms with Crippen LogP contribution in [0.2, 0.25) is 0 Å². The molecule has 1 aliphatic heterocycles. The fraction of sp³-hybridized carbons (Fsp3) is 0.222. The highest BCUT2D eigenvalue weighted by molar-refractivity contribution is 14.1. The van der Waals surface area contributed by atoms with E-state index in [1.807, 2.05) is 34.7 Å². The summed E-state index contributed by atoms with van der Waals surface area (Å²) in [5.41, 5.74) is 6.26. The number of para-hydroxylation sites is 1. The zero-order valence-corrected chi connectivity index (χ0v) is 8.89. The Bertz CT molecular complexity index is 353. The quantitative estimate of drug-likeness (QED) is 0.579. The van der Waals surface area contributed by atoms with Gasteiger partial charge in [0.2, 0.25) is 0 Å². The molecule has 0 bridgehead atoms. The number of hydrogen-bond donors (Lipinski definition) is 1. The van der Waals surface area contributed by atoms with E-state index in [1.165, 1.54) is 0 Å². The van der Waals surface area contributed by atoms with Gasteiger partial charge in [-0.2, -0.15) is 0 Å². The SMILES string of the molecule is N[C@H]1Oc2ccccc2C(=O)[C@H]1I. The van der Waals surface area contributed by atoms with Gasteiger partial charge in [0.15, 0.2) is 12.0 Å². The molecule has 0 amide bonds. The monoisotopic (exact) mass is 289 g/mol. The van der Waals surface area contributed by atoms with E-state index in [1.54, 1.807) is 12.1 Å². The Kier molecular flexibility index (Phi) is 2.25. The van der Waals surface area contributed by atoms with E-state index in [0.717, 1.165) is 0 Å². The first kappa shape index (κ1) is 8.96. The highest BCUT2D eigenvalue weighted by Crippen LogP contribution is 2.28. The molecule has 0 radical (unpaired) electrons. The first-order chi connectivity index (χ1) is 6.20. The van der Waals surface area contributed by atoms with E-state index in [0.29, 0.717) is 11.3 Å². The summed E-state index contributed by atoms with van der Waals surface area (Å²) in [4.78, 5) is 11.7. The van der Waals surface area contributed by atoms with Crippen LogP contribution in [0.3, 0.4) is 0 Å². The van der Waals surface area contributed by atoms with Gasteiger partial charge in [-0.15, -0.1) is 0 Å². The highest BCUT2D eigenvalue weighted by Gasteiger charge is 2.32. The lowest BCUT2D eigenvalue weighted by Gasteiger charge is -2.26. The molecule has 1 aliphatic rings. The van der Waals surface area contributed by atoms with Crippen LogP contribution < -0.4 is 10.5 Å². The van der Waals surface area contributed by atoms with Crippen LogP contribution in [-0.2, 0) is 0 Å². The Morgan fingerprint density at radius 2 is 2.08 bits per heavy atom. The number of nitrogens with two attached hydrogens (primary N) is 1. The van der Waals surface area contributed by atoms with Gasteiger partial charge in [0.25, 0.3) is 0 Å². The Balaban J connectivity index is 2.49. The molecule has 1 aromatic carbocycles. The van der Waals surface area contributed by atoms with Crippen molar-refractivity contribution in [2.24, 2.45) is 5.73 Å². The summed E-state index contributed by atoms with van der Waals surface area (Å²) < 4.78 is 5.08. The van der Waals surface area contributed by atoms with Crippen molar-refractivity contribution in [3.8, 4) is 5.75 Å². The van der Waals surface area contributed by atoms with E-state index in [2.05, 4.69) is 0 Å². The molecule has 0 saturated carbocycles. The number of halogens is 1. The molecule has 2 N–H and O–H groups in total. The van der Waals surface area contributed by atoms with Crippen molar-refractivity contribution < 1.29 is 9.53 Å². The van der Waals surface area contributed by atoms with E-state index in [4.69, 9.17) is 10.5 Å². The van der Waals surface area contributed by atoms with Crippen molar-refractivity contribution in [2.45, 2.75) is 10.2 Å². The lowest BCUT2D eigenvalue weighted by molar-refractivity contribution is 0.0887. The van der Waals surface area contributed by atoms with Gasteiger partial charge in [-0.3, -0.25) is 10.5 Å². The second kappa shape index (κ2) is 3.26. The molecule has 68 valence electrons. The summed E-state index contributed by atoms with van der Waals surface area (Å²) >= 11 is 2.01. The van der Waals surface area contributed by atoms with E-state index >= 15 is 0 Å². The summed E-state index contributed by atoms with van der Waals surface area (Å²) in [5.74, 6) is 0.642. The molecule has 0 spiro atoms. The van der Waals surface area contributed by atoms with Crippen molar-refractivity contribution in [2.75, 3.05) is 0 Å². The third kappa shape index (κ3) is 1.44. The predicted molar refractivity (Wildman–Crippen MR) is 57.2 cm³/mol. The number of carbonyl (C=O) groups excluding carboxylic acids is 1. The third-order valence-corrected chi connectivity index (χ3v) is 3.23. The largest absolute Gasteiger partial charge is 0.473 e. The van der Waals surface area contributed by atoms with Crippen molar-refractivity contribution in [3.05, 3.63) is 29.8 Å². The number of ketones is 1. The van der Waals surface area contributed by atoms with Crippen molar-refractivity contribution in [1.29, 1.82) is 0 Å². The predicted octanol–water partition coefficient (Wildman–Crippen LogP) is 1.35. The molecule has 0 fully saturated rings. The highest BCUT2D eigenvalue weighted by atomic mass is 127. The first-order valence-electron chi connectivity index (χ1n) is 3.89. The van der Waals surface area contributed by atoms with Crippen LogP contribution in [0, 0.1) is 0 Å². The maximum absolute atomic E-state index is 11.7. The van der Waals surface area contributed by atoms with Gasteiger partial charge in [0.1, 0.15) is 9.67 Å².